The molecule has 6 heteroatoms. The minimum atomic E-state index is -3.61. The molecule has 1 aliphatic rings. The van der Waals surface area contributed by atoms with Crippen molar-refractivity contribution < 1.29 is 13.5 Å². The monoisotopic (exact) mass is 298 g/mol. The predicted molar refractivity (Wildman–Crippen MR) is 79.9 cm³/mol. The zero-order chi connectivity index (χ0) is 14.8. The molecular weight excluding hydrogens is 276 g/mol. The second-order valence-electron chi connectivity index (χ2n) is 5.37. The van der Waals surface area contributed by atoms with Gasteiger partial charge in [0.1, 0.15) is 0 Å². The predicted octanol–water partition coefficient (Wildman–Crippen LogP) is 1.81. The lowest BCUT2D eigenvalue weighted by molar-refractivity contribution is 0.156. The molecule has 1 heterocycles. The van der Waals surface area contributed by atoms with Crippen LogP contribution in [0.25, 0.3) is 0 Å². The van der Waals surface area contributed by atoms with Gasteiger partial charge in [0.2, 0.25) is 0 Å². The van der Waals surface area contributed by atoms with Crippen molar-refractivity contribution in [2.45, 2.75) is 39.2 Å². The molecule has 1 aromatic rings. The number of anilines is 1. The Kier molecular flexibility index (Phi) is 4.67. The van der Waals surface area contributed by atoms with Crippen LogP contribution in [-0.4, -0.2) is 37.0 Å². The van der Waals surface area contributed by atoms with Gasteiger partial charge in [-0.15, -0.1) is 0 Å². The zero-order valence-electron chi connectivity index (χ0n) is 12.0. The van der Waals surface area contributed by atoms with Crippen molar-refractivity contribution in [3.8, 4) is 0 Å². The van der Waals surface area contributed by atoms with E-state index in [2.05, 4.69) is 4.72 Å². The van der Waals surface area contributed by atoms with E-state index in [1.54, 1.807) is 6.07 Å². The molecule has 1 aliphatic heterocycles. The summed E-state index contributed by atoms with van der Waals surface area (Å²) in [5, 5.41) is 9.35. The first-order valence-corrected chi connectivity index (χ1v) is 8.36. The van der Waals surface area contributed by atoms with Gasteiger partial charge < -0.3 is 5.11 Å². The minimum Gasteiger partial charge on any atom is -0.395 e. The summed E-state index contributed by atoms with van der Waals surface area (Å²) in [7, 11) is -3.61. The third-order valence-electron chi connectivity index (χ3n) is 3.71. The second kappa shape index (κ2) is 6.11. The standard InChI is InChI=1S/C14H22N2O3S/c1-11-6-7-14(12(2)9-11)15-20(18,19)16-8-4-3-5-13(16)10-17/h6-7,9,13,15,17H,3-5,8,10H2,1-2H3. The Labute approximate surface area is 120 Å². The number of aliphatic hydroxyl groups excluding tert-OH is 1. The van der Waals surface area contributed by atoms with Gasteiger partial charge in [-0.25, -0.2) is 0 Å². The Bertz CT molecular complexity index is 572. The van der Waals surface area contributed by atoms with Crippen LogP contribution in [-0.2, 0) is 10.2 Å². The molecule has 112 valence electrons. The molecule has 0 spiro atoms. The van der Waals surface area contributed by atoms with Gasteiger partial charge in [0, 0.05) is 12.6 Å². The second-order valence-corrected chi connectivity index (χ2v) is 6.99. The summed E-state index contributed by atoms with van der Waals surface area (Å²) in [6.45, 7) is 4.18. The van der Waals surface area contributed by atoms with E-state index in [1.807, 2.05) is 26.0 Å². The first kappa shape index (κ1) is 15.3. The number of rotatable bonds is 4. The zero-order valence-corrected chi connectivity index (χ0v) is 12.8. The SMILES string of the molecule is Cc1ccc(NS(=O)(=O)N2CCCCC2CO)c(C)c1. The van der Waals surface area contributed by atoms with E-state index in [9.17, 15) is 13.5 Å². The van der Waals surface area contributed by atoms with E-state index >= 15 is 0 Å². The topological polar surface area (TPSA) is 69.6 Å². The Balaban J connectivity index is 2.21. The van der Waals surface area contributed by atoms with Crippen LogP contribution < -0.4 is 4.72 Å². The average molecular weight is 298 g/mol. The van der Waals surface area contributed by atoms with Gasteiger partial charge in [-0.1, -0.05) is 24.1 Å². The van der Waals surface area contributed by atoms with Gasteiger partial charge in [-0.2, -0.15) is 12.7 Å². The van der Waals surface area contributed by atoms with Crippen LogP contribution in [0.2, 0.25) is 0 Å². The fraction of sp³-hybridized carbons (Fsp3) is 0.571. The van der Waals surface area contributed by atoms with Crippen molar-refractivity contribution in [2.75, 3.05) is 17.9 Å². The lowest BCUT2D eigenvalue weighted by Gasteiger charge is -2.33. The maximum Gasteiger partial charge on any atom is 0.301 e. The molecule has 1 unspecified atom stereocenters. The fourth-order valence-electron chi connectivity index (χ4n) is 2.60. The van der Waals surface area contributed by atoms with Crippen LogP contribution in [0, 0.1) is 13.8 Å². The Morgan fingerprint density at radius 2 is 2.10 bits per heavy atom. The van der Waals surface area contributed by atoms with E-state index < -0.39 is 10.2 Å². The van der Waals surface area contributed by atoms with Crippen LogP contribution in [0.5, 0.6) is 0 Å². The molecular formula is C14H22N2O3S. The van der Waals surface area contributed by atoms with Crippen LogP contribution >= 0.6 is 0 Å². The molecule has 0 aromatic heterocycles. The number of aryl methyl sites for hydroxylation is 2. The lowest BCUT2D eigenvalue weighted by atomic mass is 10.1. The van der Waals surface area contributed by atoms with Gasteiger partial charge in [0.25, 0.3) is 0 Å². The molecule has 0 amide bonds. The highest BCUT2D eigenvalue weighted by Gasteiger charge is 2.31. The summed E-state index contributed by atoms with van der Waals surface area (Å²) in [6.07, 6.45) is 2.51. The minimum absolute atomic E-state index is 0.131. The number of hydrogen-bond donors (Lipinski definition) is 2. The van der Waals surface area contributed by atoms with Gasteiger partial charge in [0.05, 0.1) is 12.3 Å². The summed E-state index contributed by atoms with van der Waals surface area (Å²) in [6, 6.07) is 5.29. The molecule has 1 atom stereocenters. The van der Waals surface area contributed by atoms with E-state index in [0.29, 0.717) is 18.7 Å². The van der Waals surface area contributed by atoms with Crippen LogP contribution in [0.3, 0.4) is 0 Å². The summed E-state index contributed by atoms with van der Waals surface area (Å²) < 4.78 is 28.9. The normalized spacial score (nSPS) is 20.9. The molecule has 2 rings (SSSR count). The third kappa shape index (κ3) is 3.31. The van der Waals surface area contributed by atoms with E-state index in [0.717, 1.165) is 24.0 Å². The number of hydrogen-bond acceptors (Lipinski definition) is 3. The Morgan fingerprint density at radius 1 is 1.35 bits per heavy atom. The summed E-state index contributed by atoms with van der Waals surface area (Å²) >= 11 is 0. The van der Waals surface area contributed by atoms with Gasteiger partial charge in [-0.3, -0.25) is 4.72 Å². The maximum atomic E-state index is 12.5. The number of nitrogens with one attached hydrogen (secondary N) is 1. The quantitative estimate of drug-likeness (QED) is 0.890. The molecule has 1 aromatic carbocycles. The largest absolute Gasteiger partial charge is 0.395 e. The molecule has 1 fully saturated rings. The first-order valence-electron chi connectivity index (χ1n) is 6.92. The van der Waals surface area contributed by atoms with Gasteiger partial charge in [-0.05, 0) is 38.3 Å². The molecule has 5 nitrogen and oxygen atoms in total. The number of nitrogens with zero attached hydrogens (tertiary/aromatic N) is 1. The molecule has 0 radical (unpaired) electrons. The molecule has 0 saturated carbocycles. The number of aliphatic hydroxyl groups is 1. The smallest absolute Gasteiger partial charge is 0.301 e. The molecule has 0 aliphatic carbocycles. The summed E-state index contributed by atoms with van der Waals surface area (Å²) in [4.78, 5) is 0. The number of piperidine rings is 1. The van der Waals surface area contributed by atoms with E-state index in [-0.39, 0.29) is 12.6 Å². The summed E-state index contributed by atoms with van der Waals surface area (Å²) in [5.74, 6) is 0. The Hall–Kier alpha value is -1.11. The maximum absolute atomic E-state index is 12.5. The average Bonchev–Trinajstić information content (AvgIpc) is 2.42. The highest BCUT2D eigenvalue weighted by Crippen LogP contribution is 2.23. The molecule has 1 saturated heterocycles. The lowest BCUT2D eigenvalue weighted by Crippen LogP contribution is -2.48. The Morgan fingerprint density at radius 3 is 2.75 bits per heavy atom. The number of benzene rings is 1. The van der Waals surface area contributed by atoms with Gasteiger partial charge >= 0.3 is 10.2 Å². The van der Waals surface area contributed by atoms with Crippen molar-refractivity contribution in [2.24, 2.45) is 0 Å². The van der Waals surface area contributed by atoms with E-state index in [1.165, 1.54) is 4.31 Å². The van der Waals surface area contributed by atoms with Crippen molar-refractivity contribution in [3.63, 3.8) is 0 Å². The van der Waals surface area contributed by atoms with Crippen LogP contribution in [0.15, 0.2) is 18.2 Å². The fourth-order valence-corrected chi connectivity index (χ4v) is 4.16. The van der Waals surface area contributed by atoms with E-state index in [4.69, 9.17) is 0 Å². The highest BCUT2D eigenvalue weighted by atomic mass is 32.2. The van der Waals surface area contributed by atoms with Crippen molar-refractivity contribution in [3.05, 3.63) is 29.3 Å². The summed E-state index contributed by atoms with van der Waals surface area (Å²) in [5.41, 5.74) is 2.58. The third-order valence-corrected chi connectivity index (χ3v) is 5.29. The van der Waals surface area contributed by atoms with Crippen molar-refractivity contribution >= 4 is 15.9 Å². The van der Waals surface area contributed by atoms with Crippen molar-refractivity contribution in [1.82, 2.24) is 4.31 Å². The van der Waals surface area contributed by atoms with Gasteiger partial charge in [0.15, 0.2) is 0 Å². The van der Waals surface area contributed by atoms with Crippen LogP contribution in [0.4, 0.5) is 5.69 Å². The molecule has 0 bridgehead atoms. The van der Waals surface area contributed by atoms with Crippen molar-refractivity contribution in [1.29, 1.82) is 0 Å². The van der Waals surface area contributed by atoms with Crippen LogP contribution in [0.1, 0.15) is 30.4 Å². The highest BCUT2D eigenvalue weighted by molar-refractivity contribution is 7.90. The molecule has 2 N–H and O–H groups in total. The molecule has 20 heavy (non-hydrogen) atoms. The first-order chi connectivity index (χ1) is 9.44.